The molecule has 5 nitrogen and oxygen atoms in total. The van der Waals surface area contributed by atoms with E-state index < -0.39 is 6.04 Å². The summed E-state index contributed by atoms with van der Waals surface area (Å²) in [6.07, 6.45) is 4.85. The van der Waals surface area contributed by atoms with Gasteiger partial charge in [0.2, 0.25) is 11.8 Å². The molecule has 30 heavy (non-hydrogen) atoms. The third kappa shape index (κ3) is 6.81. The van der Waals surface area contributed by atoms with Crippen LogP contribution in [0.2, 0.25) is 0 Å². The van der Waals surface area contributed by atoms with Gasteiger partial charge >= 0.3 is 0 Å². The summed E-state index contributed by atoms with van der Waals surface area (Å²) in [6.45, 7) is 4.19. The molecule has 2 amide bonds. The number of piperidine rings is 1. The zero-order valence-corrected chi connectivity index (χ0v) is 17.2. The molecule has 158 valence electrons. The van der Waals surface area contributed by atoms with Gasteiger partial charge in [-0.3, -0.25) is 14.5 Å². The maximum Gasteiger partial charge on any atom is 0.244 e. The van der Waals surface area contributed by atoms with E-state index in [0.717, 1.165) is 43.6 Å². The molecule has 2 N–H and O–H groups in total. The van der Waals surface area contributed by atoms with Gasteiger partial charge in [0.15, 0.2) is 0 Å². The Morgan fingerprint density at radius 3 is 2.43 bits per heavy atom. The fourth-order valence-electron chi connectivity index (χ4n) is 3.47. The van der Waals surface area contributed by atoms with Crippen molar-refractivity contribution in [1.29, 1.82) is 0 Å². The van der Waals surface area contributed by atoms with Crippen LogP contribution in [0.4, 0.5) is 4.39 Å². The summed E-state index contributed by atoms with van der Waals surface area (Å²) < 4.78 is 13.0. The van der Waals surface area contributed by atoms with Crippen LogP contribution in [0.3, 0.4) is 0 Å². The fraction of sp³-hybridized carbons (Fsp3) is 0.333. The van der Waals surface area contributed by atoms with E-state index in [0.29, 0.717) is 0 Å². The van der Waals surface area contributed by atoms with Crippen LogP contribution in [-0.2, 0) is 16.1 Å². The van der Waals surface area contributed by atoms with Gasteiger partial charge in [0.05, 0.1) is 0 Å². The second-order valence-corrected chi connectivity index (χ2v) is 7.66. The predicted molar refractivity (Wildman–Crippen MR) is 116 cm³/mol. The smallest absolute Gasteiger partial charge is 0.244 e. The maximum atomic E-state index is 13.0. The van der Waals surface area contributed by atoms with Crippen LogP contribution in [0.1, 0.15) is 30.9 Å². The molecule has 3 rings (SSSR count). The fourth-order valence-corrected chi connectivity index (χ4v) is 3.47. The SMILES string of the molecule is CC(NC(=O)C=Cc1ccccc1)C(=O)NC1CCN(Cc2ccc(F)cc2)CC1. The molecule has 6 heteroatoms. The lowest BCUT2D eigenvalue weighted by molar-refractivity contribution is -0.127. The summed E-state index contributed by atoms with van der Waals surface area (Å²) in [5, 5.41) is 5.74. The lowest BCUT2D eigenvalue weighted by Crippen LogP contribution is -2.50. The summed E-state index contributed by atoms with van der Waals surface area (Å²) in [5.74, 6) is -0.694. The molecule has 1 atom stereocenters. The number of halogens is 1. The van der Waals surface area contributed by atoms with Crippen molar-refractivity contribution in [3.8, 4) is 0 Å². The van der Waals surface area contributed by atoms with E-state index in [4.69, 9.17) is 0 Å². The van der Waals surface area contributed by atoms with Gasteiger partial charge in [0.1, 0.15) is 11.9 Å². The molecule has 0 spiro atoms. The Balaban J connectivity index is 1.38. The number of likely N-dealkylation sites (tertiary alicyclic amines) is 1. The molecule has 0 aliphatic carbocycles. The van der Waals surface area contributed by atoms with E-state index in [1.165, 1.54) is 18.2 Å². The minimum Gasteiger partial charge on any atom is -0.351 e. The van der Waals surface area contributed by atoms with Crippen LogP contribution in [0.25, 0.3) is 6.08 Å². The normalized spacial score (nSPS) is 16.3. The lowest BCUT2D eigenvalue weighted by Gasteiger charge is -2.32. The zero-order chi connectivity index (χ0) is 21.3. The standard InChI is InChI=1S/C24H28FN3O2/c1-18(26-23(29)12-9-19-5-3-2-4-6-19)24(30)27-22-13-15-28(16-14-22)17-20-7-10-21(25)11-8-20/h2-12,18,22H,13-17H2,1H3,(H,26,29)(H,27,30). The summed E-state index contributed by atoms with van der Waals surface area (Å²) in [5.41, 5.74) is 2.01. The molecule has 1 heterocycles. The molecule has 2 aromatic carbocycles. The van der Waals surface area contributed by atoms with Gasteiger partial charge in [-0.25, -0.2) is 4.39 Å². The van der Waals surface area contributed by atoms with Crippen LogP contribution >= 0.6 is 0 Å². The monoisotopic (exact) mass is 409 g/mol. The summed E-state index contributed by atoms with van der Waals surface area (Å²) in [4.78, 5) is 26.8. The molecule has 0 bridgehead atoms. The second-order valence-electron chi connectivity index (χ2n) is 7.66. The number of hydrogen-bond donors (Lipinski definition) is 2. The Morgan fingerprint density at radius 2 is 1.77 bits per heavy atom. The Hall–Kier alpha value is -2.99. The molecule has 1 unspecified atom stereocenters. The van der Waals surface area contributed by atoms with Gasteiger partial charge in [-0.1, -0.05) is 42.5 Å². The largest absolute Gasteiger partial charge is 0.351 e. The molecule has 0 radical (unpaired) electrons. The molecule has 0 aromatic heterocycles. The van der Waals surface area contributed by atoms with E-state index in [1.54, 1.807) is 25.1 Å². The number of carbonyl (C=O) groups is 2. The molecule has 1 aliphatic rings. The van der Waals surface area contributed by atoms with Gasteiger partial charge < -0.3 is 10.6 Å². The van der Waals surface area contributed by atoms with Gasteiger partial charge in [-0.05, 0) is 49.1 Å². The molecule has 1 saturated heterocycles. The van der Waals surface area contributed by atoms with E-state index in [9.17, 15) is 14.0 Å². The van der Waals surface area contributed by atoms with Crippen LogP contribution in [-0.4, -0.2) is 41.9 Å². The van der Waals surface area contributed by atoms with Crippen LogP contribution in [0, 0.1) is 5.82 Å². The van der Waals surface area contributed by atoms with E-state index >= 15 is 0 Å². The second kappa shape index (κ2) is 10.7. The quantitative estimate of drug-likeness (QED) is 0.691. The molecule has 1 aliphatic heterocycles. The molecule has 1 fully saturated rings. The van der Waals surface area contributed by atoms with Crippen LogP contribution in [0.15, 0.2) is 60.7 Å². The molecule has 0 saturated carbocycles. The van der Waals surface area contributed by atoms with Crippen LogP contribution < -0.4 is 10.6 Å². The number of nitrogens with zero attached hydrogens (tertiary/aromatic N) is 1. The number of benzene rings is 2. The van der Waals surface area contributed by atoms with E-state index in [1.807, 2.05) is 30.3 Å². The Kier molecular flexibility index (Phi) is 7.74. The van der Waals surface area contributed by atoms with E-state index in [-0.39, 0.29) is 23.7 Å². The van der Waals surface area contributed by atoms with Crippen molar-refractivity contribution in [1.82, 2.24) is 15.5 Å². The number of rotatable bonds is 7. The lowest BCUT2D eigenvalue weighted by atomic mass is 10.0. The summed E-state index contributed by atoms with van der Waals surface area (Å²) in [6, 6.07) is 15.6. The Morgan fingerprint density at radius 1 is 1.10 bits per heavy atom. The maximum absolute atomic E-state index is 13.0. The highest BCUT2D eigenvalue weighted by Gasteiger charge is 2.23. The molecule has 2 aromatic rings. The Bertz CT molecular complexity index is 860. The number of hydrogen-bond acceptors (Lipinski definition) is 3. The summed E-state index contributed by atoms with van der Waals surface area (Å²) in [7, 11) is 0. The van der Waals surface area contributed by atoms with Gasteiger partial charge in [0, 0.05) is 31.8 Å². The summed E-state index contributed by atoms with van der Waals surface area (Å²) >= 11 is 0. The predicted octanol–water partition coefficient (Wildman–Crippen LogP) is 3.12. The number of amides is 2. The number of carbonyl (C=O) groups excluding carboxylic acids is 2. The first-order valence-electron chi connectivity index (χ1n) is 10.3. The van der Waals surface area contributed by atoms with Crippen molar-refractivity contribution in [3.63, 3.8) is 0 Å². The van der Waals surface area contributed by atoms with Crippen molar-refractivity contribution in [3.05, 3.63) is 77.6 Å². The minimum atomic E-state index is -0.602. The van der Waals surface area contributed by atoms with Crippen molar-refractivity contribution < 1.29 is 14.0 Å². The first kappa shape index (κ1) is 21.7. The average Bonchev–Trinajstić information content (AvgIpc) is 2.76. The van der Waals surface area contributed by atoms with Crippen LogP contribution in [0.5, 0.6) is 0 Å². The minimum absolute atomic E-state index is 0.0983. The zero-order valence-electron chi connectivity index (χ0n) is 17.2. The number of nitrogens with one attached hydrogen (secondary N) is 2. The van der Waals surface area contributed by atoms with Gasteiger partial charge in [-0.15, -0.1) is 0 Å². The van der Waals surface area contributed by atoms with E-state index in [2.05, 4.69) is 15.5 Å². The van der Waals surface area contributed by atoms with Gasteiger partial charge in [0.25, 0.3) is 0 Å². The third-order valence-corrected chi connectivity index (χ3v) is 5.23. The molecular weight excluding hydrogens is 381 g/mol. The van der Waals surface area contributed by atoms with Crippen molar-refractivity contribution in [2.45, 2.75) is 38.4 Å². The highest BCUT2D eigenvalue weighted by molar-refractivity contribution is 5.95. The van der Waals surface area contributed by atoms with Crippen molar-refractivity contribution in [2.75, 3.05) is 13.1 Å². The Labute approximate surface area is 177 Å². The molecular formula is C24H28FN3O2. The van der Waals surface area contributed by atoms with Crippen molar-refractivity contribution >= 4 is 17.9 Å². The van der Waals surface area contributed by atoms with Gasteiger partial charge in [-0.2, -0.15) is 0 Å². The third-order valence-electron chi connectivity index (χ3n) is 5.23. The van der Waals surface area contributed by atoms with Crippen molar-refractivity contribution in [2.24, 2.45) is 0 Å². The first-order valence-corrected chi connectivity index (χ1v) is 10.3. The topological polar surface area (TPSA) is 61.4 Å². The average molecular weight is 410 g/mol. The highest BCUT2D eigenvalue weighted by Crippen LogP contribution is 2.14. The highest BCUT2D eigenvalue weighted by atomic mass is 19.1. The first-order chi connectivity index (χ1) is 14.5.